The number of rotatable bonds is 4. The second-order valence-corrected chi connectivity index (χ2v) is 7.53. The summed E-state index contributed by atoms with van der Waals surface area (Å²) in [5, 5.41) is 0. The molecule has 0 saturated carbocycles. The topological polar surface area (TPSA) is 41.5 Å². The van der Waals surface area contributed by atoms with Crippen molar-refractivity contribution in [3.8, 4) is 0 Å². The number of morpholine rings is 1. The molecule has 0 unspecified atom stereocenters. The Morgan fingerprint density at radius 1 is 1.04 bits per heavy atom. The SMILES string of the molecule is CC(C)c1nc2c(c(N3CCOCC3)n1)CCN(Cc1ccccc1)C2. The van der Waals surface area contributed by atoms with E-state index in [-0.39, 0.29) is 0 Å². The Bertz CT molecular complexity index is 741. The molecule has 138 valence electrons. The van der Waals surface area contributed by atoms with Gasteiger partial charge in [0.05, 0.1) is 18.9 Å². The first kappa shape index (κ1) is 17.4. The van der Waals surface area contributed by atoms with E-state index in [1.54, 1.807) is 0 Å². The van der Waals surface area contributed by atoms with Gasteiger partial charge in [-0.1, -0.05) is 44.2 Å². The average molecular weight is 352 g/mol. The number of fused-ring (bicyclic) bond motifs is 1. The zero-order chi connectivity index (χ0) is 17.9. The van der Waals surface area contributed by atoms with Crippen LogP contribution in [-0.4, -0.2) is 47.7 Å². The van der Waals surface area contributed by atoms with Crippen molar-refractivity contribution in [3.63, 3.8) is 0 Å². The van der Waals surface area contributed by atoms with Crippen molar-refractivity contribution in [1.82, 2.24) is 14.9 Å². The highest BCUT2D eigenvalue weighted by Crippen LogP contribution is 2.29. The molecular weight excluding hydrogens is 324 g/mol. The third-order valence-corrected chi connectivity index (χ3v) is 5.22. The van der Waals surface area contributed by atoms with Gasteiger partial charge in [-0.15, -0.1) is 0 Å². The van der Waals surface area contributed by atoms with Crippen LogP contribution >= 0.6 is 0 Å². The molecule has 0 bridgehead atoms. The molecule has 0 atom stereocenters. The molecule has 0 amide bonds. The predicted octanol–water partition coefficient (Wildman–Crippen LogP) is 2.99. The molecule has 0 spiro atoms. The molecule has 26 heavy (non-hydrogen) atoms. The molecule has 2 aliphatic rings. The summed E-state index contributed by atoms with van der Waals surface area (Å²) in [6, 6.07) is 10.7. The van der Waals surface area contributed by atoms with Crippen molar-refractivity contribution >= 4 is 5.82 Å². The van der Waals surface area contributed by atoms with E-state index in [0.29, 0.717) is 5.92 Å². The van der Waals surface area contributed by atoms with Crippen molar-refractivity contribution in [3.05, 3.63) is 53.0 Å². The van der Waals surface area contributed by atoms with Crippen molar-refractivity contribution in [2.24, 2.45) is 0 Å². The molecule has 2 aliphatic heterocycles. The lowest BCUT2D eigenvalue weighted by Gasteiger charge is -2.34. The number of anilines is 1. The van der Waals surface area contributed by atoms with E-state index >= 15 is 0 Å². The Morgan fingerprint density at radius 3 is 2.54 bits per heavy atom. The summed E-state index contributed by atoms with van der Waals surface area (Å²) in [5.41, 5.74) is 3.93. The smallest absolute Gasteiger partial charge is 0.136 e. The molecule has 4 rings (SSSR count). The fourth-order valence-electron chi connectivity index (χ4n) is 3.75. The lowest BCUT2D eigenvalue weighted by atomic mass is 10.0. The van der Waals surface area contributed by atoms with Gasteiger partial charge in [-0.25, -0.2) is 9.97 Å². The zero-order valence-electron chi connectivity index (χ0n) is 15.8. The monoisotopic (exact) mass is 352 g/mol. The van der Waals surface area contributed by atoms with Crippen LogP contribution in [0, 0.1) is 0 Å². The Hall–Kier alpha value is -1.98. The molecule has 1 saturated heterocycles. The Balaban J connectivity index is 1.61. The molecule has 0 N–H and O–H groups in total. The highest BCUT2D eigenvalue weighted by Gasteiger charge is 2.26. The highest BCUT2D eigenvalue weighted by atomic mass is 16.5. The molecule has 1 fully saturated rings. The van der Waals surface area contributed by atoms with Crippen LogP contribution in [-0.2, 0) is 24.2 Å². The summed E-state index contributed by atoms with van der Waals surface area (Å²) < 4.78 is 5.53. The molecule has 0 aliphatic carbocycles. The molecule has 0 radical (unpaired) electrons. The van der Waals surface area contributed by atoms with Gasteiger partial charge in [-0.2, -0.15) is 0 Å². The van der Waals surface area contributed by atoms with Crippen LogP contribution in [0.2, 0.25) is 0 Å². The first-order chi connectivity index (χ1) is 12.7. The van der Waals surface area contributed by atoms with E-state index in [4.69, 9.17) is 14.7 Å². The van der Waals surface area contributed by atoms with Crippen LogP contribution in [0.25, 0.3) is 0 Å². The molecule has 1 aromatic heterocycles. The van der Waals surface area contributed by atoms with Crippen LogP contribution in [0.3, 0.4) is 0 Å². The minimum atomic E-state index is 0.338. The quantitative estimate of drug-likeness (QED) is 0.846. The van der Waals surface area contributed by atoms with E-state index in [1.165, 1.54) is 16.8 Å². The summed E-state index contributed by atoms with van der Waals surface area (Å²) in [6.45, 7) is 10.7. The minimum absolute atomic E-state index is 0.338. The van der Waals surface area contributed by atoms with Crippen LogP contribution in [0.15, 0.2) is 30.3 Å². The van der Waals surface area contributed by atoms with Crippen LogP contribution < -0.4 is 4.90 Å². The molecule has 5 nitrogen and oxygen atoms in total. The van der Waals surface area contributed by atoms with Gasteiger partial charge in [-0.3, -0.25) is 4.90 Å². The van der Waals surface area contributed by atoms with E-state index in [1.807, 2.05) is 0 Å². The van der Waals surface area contributed by atoms with Gasteiger partial charge in [0, 0.05) is 44.2 Å². The summed E-state index contributed by atoms with van der Waals surface area (Å²) in [5.74, 6) is 2.46. The van der Waals surface area contributed by atoms with Gasteiger partial charge in [-0.05, 0) is 12.0 Å². The van der Waals surface area contributed by atoms with Gasteiger partial charge in [0.2, 0.25) is 0 Å². The Kier molecular flexibility index (Phi) is 5.18. The van der Waals surface area contributed by atoms with Crippen molar-refractivity contribution < 1.29 is 4.74 Å². The summed E-state index contributed by atoms with van der Waals surface area (Å²) in [7, 11) is 0. The van der Waals surface area contributed by atoms with E-state index in [0.717, 1.165) is 64.0 Å². The second-order valence-electron chi connectivity index (χ2n) is 7.53. The zero-order valence-corrected chi connectivity index (χ0v) is 15.8. The molecule has 5 heteroatoms. The fraction of sp³-hybridized carbons (Fsp3) is 0.524. The summed E-state index contributed by atoms with van der Waals surface area (Å²) in [4.78, 5) is 14.8. The maximum Gasteiger partial charge on any atom is 0.136 e. The van der Waals surface area contributed by atoms with Crippen molar-refractivity contribution in [2.45, 2.75) is 39.3 Å². The maximum absolute atomic E-state index is 5.53. The number of hydrogen-bond donors (Lipinski definition) is 0. The number of hydrogen-bond acceptors (Lipinski definition) is 5. The third kappa shape index (κ3) is 3.74. The third-order valence-electron chi connectivity index (χ3n) is 5.22. The predicted molar refractivity (Wildman–Crippen MR) is 103 cm³/mol. The number of ether oxygens (including phenoxy) is 1. The summed E-state index contributed by atoms with van der Waals surface area (Å²) >= 11 is 0. The molecule has 3 heterocycles. The van der Waals surface area contributed by atoms with Crippen molar-refractivity contribution in [2.75, 3.05) is 37.7 Å². The maximum atomic E-state index is 5.53. The Labute approximate surface area is 156 Å². The standard InChI is InChI=1S/C21H28N4O/c1-16(2)20-22-19-15-24(14-17-6-4-3-5-7-17)9-8-18(19)21(23-20)25-10-12-26-13-11-25/h3-7,16H,8-15H2,1-2H3. The van der Waals surface area contributed by atoms with E-state index in [9.17, 15) is 0 Å². The number of benzene rings is 1. The van der Waals surface area contributed by atoms with Gasteiger partial charge in [0.15, 0.2) is 0 Å². The van der Waals surface area contributed by atoms with E-state index in [2.05, 4.69) is 54.0 Å². The first-order valence-corrected chi connectivity index (χ1v) is 9.69. The normalized spacial score (nSPS) is 18.2. The van der Waals surface area contributed by atoms with Crippen LogP contribution in [0.5, 0.6) is 0 Å². The van der Waals surface area contributed by atoms with Crippen LogP contribution in [0.1, 0.15) is 42.4 Å². The first-order valence-electron chi connectivity index (χ1n) is 9.69. The molecular formula is C21H28N4O. The molecule has 1 aromatic carbocycles. The number of nitrogens with zero attached hydrogens (tertiary/aromatic N) is 4. The van der Waals surface area contributed by atoms with Gasteiger partial charge in [0.25, 0.3) is 0 Å². The Morgan fingerprint density at radius 2 is 1.81 bits per heavy atom. The largest absolute Gasteiger partial charge is 0.378 e. The average Bonchev–Trinajstić information content (AvgIpc) is 2.68. The van der Waals surface area contributed by atoms with Gasteiger partial charge < -0.3 is 9.64 Å². The lowest BCUT2D eigenvalue weighted by molar-refractivity contribution is 0.122. The highest BCUT2D eigenvalue weighted by molar-refractivity contribution is 5.51. The van der Waals surface area contributed by atoms with Gasteiger partial charge in [0.1, 0.15) is 11.6 Å². The lowest BCUT2D eigenvalue weighted by Crippen LogP contribution is -2.39. The van der Waals surface area contributed by atoms with Gasteiger partial charge >= 0.3 is 0 Å². The number of aromatic nitrogens is 2. The fourth-order valence-corrected chi connectivity index (χ4v) is 3.75. The van der Waals surface area contributed by atoms with E-state index < -0.39 is 0 Å². The van der Waals surface area contributed by atoms with Crippen LogP contribution in [0.4, 0.5) is 5.82 Å². The second kappa shape index (κ2) is 7.72. The summed E-state index contributed by atoms with van der Waals surface area (Å²) in [6.07, 6.45) is 1.02. The minimum Gasteiger partial charge on any atom is -0.378 e. The van der Waals surface area contributed by atoms with Crippen molar-refractivity contribution in [1.29, 1.82) is 0 Å². The molecule has 2 aromatic rings.